The number of carboxylic acids is 1. The summed E-state index contributed by atoms with van der Waals surface area (Å²) in [6, 6.07) is 1.55. The summed E-state index contributed by atoms with van der Waals surface area (Å²) in [4.78, 5) is 16.8. The van der Waals surface area contributed by atoms with Crippen molar-refractivity contribution < 1.29 is 19.4 Å². The van der Waals surface area contributed by atoms with E-state index in [2.05, 4.69) is 9.97 Å². The number of halogens is 1. The van der Waals surface area contributed by atoms with Crippen LogP contribution in [0.4, 0.5) is 5.95 Å². The lowest BCUT2D eigenvalue weighted by Crippen LogP contribution is -1.99. The van der Waals surface area contributed by atoms with Crippen molar-refractivity contribution in [2.75, 3.05) is 25.8 Å². The van der Waals surface area contributed by atoms with E-state index in [1.54, 1.807) is 6.07 Å². The van der Waals surface area contributed by atoms with Gasteiger partial charge in [0.2, 0.25) is 17.7 Å². The molecule has 7 nitrogen and oxygen atoms in total. The molecule has 1 rings (SSSR count). The fourth-order valence-corrected chi connectivity index (χ4v) is 0.630. The highest BCUT2D eigenvalue weighted by Crippen LogP contribution is 2.14. The Bertz CT molecular complexity index is 326. The number of hydrogen-bond donors (Lipinski definition) is 2. The van der Waals surface area contributed by atoms with Crippen molar-refractivity contribution in [2.45, 2.75) is 0 Å². The molecule has 0 bridgehead atoms. The third-order valence-electron chi connectivity index (χ3n) is 1.23. The van der Waals surface area contributed by atoms with Gasteiger partial charge in [-0.3, -0.25) is 4.79 Å². The normalized spacial score (nSPS) is 8.69. The van der Waals surface area contributed by atoms with E-state index in [4.69, 9.17) is 31.9 Å². The Morgan fingerprint density at radius 1 is 1.44 bits per heavy atom. The Hall–Kier alpha value is -1.76. The molecule has 0 radical (unpaired) electrons. The van der Waals surface area contributed by atoms with Gasteiger partial charge in [-0.25, -0.2) is 0 Å². The summed E-state index contributed by atoms with van der Waals surface area (Å²) < 4.78 is 9.65. The Morgan fingerprint density at radius 3 is 2.06 bits per heavy atom. The van der Waals surface area contributed by atoms with Crippen LogP contribution in [0.1, 0.15) is 0 Å². The molecule has 0 amide bonds. The number of nitrogens with two attached hydrogens (primary N) is 1. The van der Waals surface area contributed by atoms with Crippen molar-refractivity contribution in [2.24, 2.45) is 0 Å². The largest absolute Gasteiger partial charge is 0.481 e. The number of carbonyl (C=O) groups is 1. The van der Waals surface area contributed by atoms with Gasteiger partial charge in [0.1, 0.15) is 5.88 Å². The maximum atomic E-state index is 9.24. The maximum Gasteiger partial charge on any atom is 0.318 e. The van der Waals surface area contributed by atoms with Crippen LogP contribution >= 0.6 is 11.6 Å². The summed E-state index contributed by atoms with van der Waals surface area (Å²) in [5, 5.41) is 7.59. The summed E-state index contributed by atoms with van der Waals surface area (Å²) in [6.45, 7) is 0. The number of ether oxygens (including phenoxy) is 2. The second kappa shape index (κ2) is 7.52. The number of hydrogen-bond acceptors (Lipinski definition) is 6. The van der Waals surface area contributed by atoms with Crippen molar-refractivity contribution in [1.29, 1.82) is 0 Å². The van der Waals surface area contributed by atoms with E-state index in [0.29, 0.717) is 11.8 Å². The minimum atomic E-state index is -0.980. The molecule has 1 aromatic rings. The molecular weight excluding hydrogens is 238 g/mol. The quantitative estimate of drug-likeness (QED) is 0.746. The average Bonchev–Trinajstić information content (AvgIpc) is 2.28. The van der Waals surface area contributed by atoms with Gasteiger partial charge in [0, 0.05) is 0 Å². The first kappa shape index (κ1) is 14.2. The number of nitrogen functional groups attached to an aromatic ring is 1. The van der Waals surface area contributed by atoms with Crippen LogP contribution in [0.5, 0.6) is 11.8 Å². The van der Waals surface area contributed by atoms with Crippen LogP contribution in [0, 0.1) is 0 Å². The zero-order chi connectivity index (χ0) is 12.6. The first-order valence-corrected chi connectivity index (χ1v) is 4.57. The van der Waals surface area contributed by atoms with Gasteiger partial charge < -0.3 is 20.3 Å². The molecule has 0 aliphatic rings. The van der Waals surface area contributed by atoms with Gasteiger partial charge in [-0.05, 0) is 0 Å². The monoisotopic (exact) mass is 249 g/mol. The van der Waals surface area contributed by atoms with E-state index in [-0.39, 0.29) is 11.8 Å². The first-order valence-electron chi connectivity index (χ1n) is 4.03. The highest BCUT2D eigenvalue weighted by molar-refractivity contribution is 6.26. The summed E-state index contributed by atoms with van der Waals surface area (Å²) in [5.74, 6) is -0.350. The number of rotatable bonds is 3. The fourth-order valence-electron chi connectivity index (χ4n) is 0.630. The van der Waals surface area contributed by atoms with Crippen LogP contribution in [-0.2, 0) is 4.79 Å². The van der Waals surface area contributed by atoms with Crippen LogP contribution < -0.4 is 15.2 Å². The zero-order valence-corrected chi connectivity index (χ0v) is 9.56. The van der Waals surface area contributed by atoms with Gasteiger partial charge in [0.05, 0.1) is 20.3 Å². The molecule has 0 aliphatic heterocycles. The molecule has 0 fully saturated rings. The highest BCUT2D eigenvalue weighted by Gasteiger charge is 2.00. The van der Waals surface area contributed by atoms with Gasteiger partial charge in [-0.1, -0.05) is 0 Å². The summed E-state index contributed by atoms with van der Waals surface area (Å²) >= 11 is 4.74. The second-order valence-corrected chi connectivity index (χ2v) is 2.61. The van der Waals surface area contributed by atoms with Crippen LogP contribution in [0.3, 0.4) is 0 Å². The lowest BCUT2D eigenvalue weighted by molar-refractivity contribution is -0.134. The van der Waals surface area contributed by atoms with E-state index >= 15 is 0 Å². The molecule has 16 heavy (non-hydrogen) atoms. The zero-order valence-electron chi connectivity index (χ0n) is 8.81. The van der Waals surface area contributed by atoms with Gasteiger partial charge in [-0.2, -0.15) is 9.97 Å². The van der Waals surface area contributed by atoms with Crippen molar-refractivity contribution in [3.63, 3.8) is 0 Å². The molecule has 0 unspecified atom stereocenters. The molecule has 0 atom stereocenters. The predicted molar refractivity (Wildman–Crippen MR) is 57.9 cm³/mol. The molecule has 0 saturated heterocycles. The molecule has 90 valence electrons. The number of anilines is 1. The second-order valence-electron chi connectivity index (χ2n) is 2.34. The molecular formula is C8H12ClN3O4. The van der Waals surface area contributed by atoms with E-state index in [1.165, 1.54) is 14.2 Å². The Labute approximate surface area is 97.2 Å². The summed E-state index contributed by atoms with van der Waals surface area (Å²) in [5.41, 5.74) is 5.33. The SMILES string of the molecule is COc1cc(OC)nc(N)n1.O=C(O)CCl. The molecule has 8 heteroatoms. The molecule has 0 aromatic carbocycles. The van der Waals surface area contributed by atoms with Crippen molar-refractivity contribution in [1.82, 2.24) is 9.97 Å². The number of aliphatic carboxylic acids is 1. The Kier molecular flexibility index (Phi) is 6.69. The standard InChI is InChI=1S/C6H9N3O2.C2H3ClO2/c1-10-4-3-5(11-2)9-6(7)8-4;3-1-2(4)5/h3H,1-2H3,(H2,7,8,9);1H2,(H,4,5). The molecule has 0 spiro atoms. The van der Waals surface area contributed by atoms with E-state index in [1.807, 2.05) is 0 Å². The van der Waals surface area contributed by atoms with E-state index in [9.17, 15) is 4.79 Å². The minimum Gasteiger partial charge on any atom is -0.481 e. The molecule has 1 aromatic heterocycles. The van der Waals surface area contributed by atoms with Crippen molar-refractivity contribution in [3.05, 3.63) is 6.07 Å². The molecule has 3 N–H and O–H groups in total. The first-order chi connectivity index (χ1) is 7.53. The summed E-state index contributed by atoms with van der Waals surface area (Å²) in [6.07, 6.45) is 0. The lowest BCUT2D eigenvalue weighted by Gasteiger charge is -2.01. The third kappa shape index (κ3) is 5.86. The van der Waals surface area contributed by atoms with E-state index < -0.39 is 5.97 Å². The maximum absolute atomic E-state index is 9.24. The molecule has 0 saturated carbocycles. The van der Waals surface area contributed by atoms with Crippen molar-refractivity contribution >= 4 is 23.5 Å². The van der Waals surface area contributed by atoms with Crippen LogP contribution in [0.15, 0.2) is 6.07 Å². The topological polar surface area (TPSA) is 108 Å². The number of nitrogens with zero attached hydrogens (tertiary/aromatic N) is 2. The van der Waals surface area contributed by atoms with E-state index in [0.717, 1.165) is 0 Å². The lowest BCUT2D eigenvalue weighted by atomic mass is 10.6. The van der Waals surface area contributed by atoms with Gasteiger partial charge in [0.15, 0.2) is 0 Å². The minimum absolute atomic E-state index is 0.140. The smallest absolute Gasteiger partial charge is 0.318 e. The molecule has 0 aliphatic carbocycles. The van der Waals surface area contributed by atoms with Gasteiger partial charge in [0.25, 0.3) is 0 Å². The van der Waals surface area contributed by atoms with Gasteiger partial charge >= 0.3 is 5.97 Å². The number of carboxylic acid groups (broad SMARTS) is 1. The van der Waals surface area contributed by atoms with Crippen LogP contribution in [-0.4, -0.2) is 41.1 Å². The highest BCUT2D eigenvalue weighted by atomic mass is 35.5. The predicted octanol–water partition coefficient (Wildman–Crippen LogP) is 0.386. The average molecular weight is 250 g/mol. The number of aromatic nitrogens is 2. The van der Waals surface area contributed by atoms with Crippen LogP contribution in [0.2, 0.25) is 0 Å². The fraction of sp³-hybridized carbons (Fsp3) is 0.375. The Morgan fingerprint density at radius 2 is 1.81 bits per heavy atom. The number of alkyl halides is 1. The Balaban J connectivity index is 0.000000385. The van der Waals surface area contributed by atoms with Crippen LogP contribution in [0.25, 0.3) is 0 Å². The summed E-state index contributed by atoms with van der Waals surface area (Å²) in [7, 11) is 3.00. The molecule has 1 heterocycles. The van der Waals surface area contributed by atoms with Crippen molar-refractivity contribution in [3.8, 4) is 11.8 Å². The third-order valence-corrected chi connectivity index (χ3v) is 1.46. The van der Waals surface area contributed by atoms with Gasteiger partial charge in [-0.15, -0.1) is 11.6 Å². The number of methoxy groups -OCH3 is 2.